The van der Waals surface area contributed by atoms with Crippen LogP contribution in [0.25, 0.3) is 0 Å². The van der Waals surface area contributed by atoms with Crippen molar-refractivity contribution in [3.8, 4) is 5.75 Å². The lowest BCUT2D eigenvalue weighted by molar-refractivity contribution is -0.141. The maximum absolute atomic E-state index is 13.1. The number of nitrogens with two attached hydrogens (primary N) is 1. The second-order valence-corrected chi connectivity index (χ2v) is 7.63. The number of carbonyl (C=O) groups excluding carboxylic acids is 3. The molecule has 2 aromatic rings. The molecule has 4 unspecified atom stereocenters. The molecular formula is C21H28N6O6. The van der Waals surface area contributed by atoms with Crippen molar-refractivity contribution in [3.05, 3.63) is 48.0 Å². The van der Waals surface area contributed by atoms with Crippen LogP contribution in [0.4, 0.5) is 0 Å². The van der Waals surface area contributed by atoms with Gasteiger partial charge in [-0.15, -0.1) is 0 Å². The molecular weight excluding hydrogens is 432 g/mol. The number of rotatable bonds is 11. The fourth-order valence-corrected chi connectivity index (χ4v) is 2.85. The molecule has 1 aromatic heterocycles. The first-order valence-electron chi connectivity index (χ1n) is 10.2. The summed E-state index contributed by atoms with van der Waals surface area (Å²) >= 11 is 0. The summed E-state index contributed by atoms with van der Waals surface area (Å²) in [4.78, 5) is 55.9. The van der Waals surface area contributed by atoms with Gasteiger partial charge in [-0.2, -0.15) is 0 Å². The molecule has 12 heteroatoms. The Morgan fingerprint density at radius 3 is 2.09 bits per heavy atom. The average molecular weight is 460 g/mol. The number of hydrogen-bond acceptors (Lipinski definition) is 7. The minimum Gasteiger partial charge on any atom is -0.508 e. The fraction of sp³-hybridized carbons (Fsp3) is 0.381. The second-order valence-electron chi connectivity index (χ2n) is 7.63. The lowest BCUT2D eigenvalue weighted by Gasteiger charge is -2.24. The Morgan fingerprint density at radius 2 is 1.55 bits per heavy atom. The first kappa shape index (κ1) is 25.3. The Kier molecular flexibility index (Phi) is 8.92. The Hall–Kier alpha value is -3.93. The van der Waals surface area contributed by atoms with Gasteiger partial charge < -0.3 is 36.9 Å². The molecule has 0 radical (unpaired) electrons. The highest BCUT2D eigenvalue weighted by Crippen LogP contribution is 2.12. The maximum Gasteiger partial charge on any atom is 0.325 e. The third-order valence-electron chi connectivity index (χ3n) is 4.76. The molecule has 0 bridgehead atoms. The van der Waals surface area contributed by atoms with E-state index in [-0.39, 0.29) is 18.6 Å². The Bertz CT molecular complexity index is 960. The van der Waals surface area contributed by atoms with Crippen molar-refractivity contribution >= 4 is 23.7 Å². The topological polar surface area (TPSA) is 200 Å². The van der Waals surface area contributed by atoms with Gasteiger partial charge in [-0.1, -0.05) is 12.1 Å². The number of aliphatic carboxylic acids is 1. The second kappa shape index (κ2) is 11.6. The van der Waals surface area contributed by atoms with Crippen molar-refractivity contribution in [2.24, 2.45) is 5.73 Å². The van der Waals surface area contributed by atoms with Gasteiger partial charge in [-0.3, -0.25) is 19.2 Å². The summed E-state index contributed by atoms with van der Waals surface area (Å²) in [6.07, 6.45) is 2.99. The van der Waals surface area contributed by atoms with Gasteiger partial charge in [0.2, 0.25) is 17.7 Å². The van der Waals surface area contributed by atoms with Gasteiger partial charge in [0.05, 0.1) is 12.4 Å². The van der Waals surface area contributed by atoms with Crippen molar-refractivity contribution in [1.29, 1.82) is 0 Å². The molecule has 4 atom stereocenters. The number of carbonyl (C=O) groups is 4. The largest absolute Gasteiger partial charge is 0.508 e. The number of imidazole rings is 1. The molecule has 1 aromatic carbocycles. The molecule has 0 spiro atoms. The van der Waals surface area contributed by atoms with Crippen molar-refractivity contribution < 1.29 is 29.4 Å². The highest BCUT2D eigenvalue weighted by Gasteiger charge is 2.29. The standard InChI is InChI=1S/C21H28N6O6/c1-11(22)18(29)26-17(8-14-9-23-10-24-14)20(31)27-16(19(30)25-12(2)21(32)33)7-13-3-5-15(28)6-4-13/h3-6,9-12,16-17,28H,7-8,22H2,1-2H3,(H,23,24)(H,25,30)(H,26,29)(H,27,31)(H,32,33). The molecule has 1 heterocycles. The summed E-state index contributed by atoms with van der Waals surface area (Å²) in [5.41, 5.74) is 6.78. The smallest absolute Gasteiger partial charge is 0.325 e. The summed E-state index contributed by atoms with van der Waals surface area (Å²) in [7, 11) is 0. The monoisotopic (exact) mass is 460 g/mol. The molecule has 178 valence electrons. The van der Waals surface area contributed by atoms with Crippen LogP contribution in [0.2, 0.25) is 0 Å². The van der Waals surface area contributed by atoms with Gasteiger partial charge in [0.1, 0.15) is 23.9 Å². The van der Waals surface area contributed by atoms with E-state index in [0.717, 1.165) is 0 Å². The van der Waals surface area contributed by atoms with E-state index < -0.39 is 47.9 Å². The van der Waals surface area contributed by atoms with Crippen LogP contribution in [0.5, 0.6) is 5.75 Å². The minimum atomic E-state index is -1.24. The zero-order valence-corrected chi connectivity index (χ0v) is 18.2. The van der Waals surface area contributed by atoms with E-state index >= 15 is 0 Å². The number of H-pyrrole nitrogens is 1. The molecule has 2 rings (SSSR count). The Morgan fingerprint density at radius 1 is 0.970 bits per heavy atom. The SMILES string of the molecule is CC(N)C(=O)NC(Cc1cnc[nH]1)C(=O)NC(Cc1ccc(O)cc1)C(=O)NC(C)C(=O)O. The average Bonchev–Trinajstić information content (AvgIpc) is 3.27. The van der Waals surface area contributed by atoms with Gasteiger partial charge in [-0.05, 0) is 31.5 Å². The molecule has 0 fully saturated rings. The minimum absolute atomic E-state index is 0.0161. The molecule has 0 aliphatic carbocycles. The third kappa shape index (κ3) is 7.92. The van der Waals surface area contributed by atoms with E-state index in [9.17, 15) is 24.3 Å². The van der Waals surface area contributed by atoms with Crippen molar-refractivity contribution in [1.82, 2.24) is 25.9 Å². The summed E-state index contributed by atoms with van der Waals surface area (Å²) in [5.74, 6) is -3.15. The molecule has 0 saturated heterocycles. The van der Waals surface area contributed by atoms with Gasteiger partial charge in [0.15, 0.2) is 0 Å². The normalized spacial score (nSPS) is 14.4. The van der Waals surface area contributed by atoms with Gasteiger partial charge in [0, 0.05) is 24.7 Å². The van der Waals surface area contributed by atoms with Crippen LogP contribution in [0.3, 0.4) is 0 Å². The number of aromatic nitrogens is 2. The summed E-state index contributed by atoms with van der Waals surface area (Å²) in [5, 5.41) is 26.0. The molecule has 8 N–H and O–H groups in total. The van der Waals surface area contributed by atoms with E-state index in [2.05, 4.69) is 25.9 Å². The van der Waals surface area contributed by atoms with E-state index in [1.165, 1.54) is 38.5 Å². The number of nitrogens with zero attached hydrogens (tertiary/aromatic N) is 1. The van der Waals surface area contributed by atoms with Crippen LogP contribution in [0.1, 0.15) is 25.1 Å². The van der Waals surface area contributed by atoms with Crippen molar-refractivity contribution in [3.63, 3.8) is 0 Å². The van der Waals surface area contributed by atoms with Crippen LogP contribution >= 0.6 is 0 Å². The Labute approximate surface area is 190 Å². The highest BCUT2D eigenvalue weighted by molar-refractivity contribution is 5.94. The molecule has 0 saturated carbocycles. The van der Waals surface area contributed by atoms with Gasteiger partial charge in [-0.25, -0.2) is 4.98 Å². The predicted molar refractivity (Wildman–Crippen MR) is 117 cm³/mol. The zero-order valence-electron chi connectivity index (χ0n) is 18.2. The summed E-state index contributed by atoms with van der Waals surface area (Å²) in [6, 6.07) is 1.72. The highest BCUT2D eigenvalue weighted by atomic mass is 16.4. The van der Waals surface area contributed by atoms with Gasteiger partial charge >= 0.3 is 5.97 Å². The van der Waals surface area contributed by atoms with Crippen LogP contribution in [-0.4, -0.2) is 68.0 Å². The van der Waals surface area contributed by atoms with Crippen molar-refractivity contribution in [2.45, 2.75) is 50.9 Å². The Balaban J connectivity index is 2.23. The number of hydrogen-bond donors (Lipinski definition) is 7. The third-order valence-corrected chi connectivity index (χ3v) is 4.76. The molecule has 0 aliphatic heterocycles. The lowest BCUT2D eigenvalue weighted by Crippen LogP contribution is -2.57. The number of nitrogens with one attached hydrogen (secondary N) is 4. The van der Waals surface area contributed by atoms with Crippen LogP contribution in [0.15, 0.2) is 36.8 Å². The lowest BCUT2D eigenvalue weighted by atomic mass is 10.0. The molecule has 33 heavy (non-hydrogen) atoms. The van der Waals surface area contributed by atoms with Crippen LogP contribution < -0.4 is 21.7 Å². The van der Waals surface area contributed by atoms with E-state index in [1.807, 2.05) is 0 Å². The number of carboxylic acid groups (broad SMARTS) is 1. The number of benzene rings is 1. The quantitative estimate of drug-likeness (QED) is 0.217. The number of aromatic hydroxyl groups is 1. The number of amides is 3. The number of aromatic amines is 1. The van der Waals surface area contributed by atoms with E-state index in [1.54, 1.807) is 12.1 Å². The molecule has 3 amide bonds. The fourth-order valence-electron chi connectivity index (χ4n) is 2.85. The number of phenols is 1. The predicted octanol–water partition coefficient (Wildman–Crippen LogP) is -1.19. The van der Waals surface area contributed by atoms with Crippen LogP contribution in [-0.2, 0) is 32.0 Å². The first-order valence-corrected chi connectivity index (χ1v) is 10.2. The van der Waals surface area contributed by atoms with E-state index in [0.29, 0.717) is 11.3 Å². The molecule has 0 aliphatic rings. The first-order chi connectivity index (χ1) is 15.6. The maximum atomic E-state index is 13.1. The van der Waals surface area contributed by atoms with Crippen LogP contribution in [0, 0.1) is 0 Å². The van der Waals surface area contributed by atoms with Gasteiger partial charge in [0.25, 0.3) is 0 Å². The molecule has 12 nitrogen and oxygen atoms in total. The van der Waals surface area contributed by atoms with E-state index in [4.69, 9.17) is 10.8 Å². The number of carboxylic acids is 1. The summed E-state index contributed by atoms with van der Waals surface area (Å²) < 4.78 is 0. The summed E-state index contributed by atoms with van der Waals surface area (Å²) in [6.45, 7) is 2.76. The number of phenolic OH excluding ortho intramolecular Hbond substituents is 1. The van der Waals surface area contributed by atoms with Crippen molar-refractivity contribution in [2.75, 3.05) is 0 Å². The zero-order chi connectivity index (χ0) is 24.5.